The molecule has 66 heavy (non-hydrogen) atoms. The summed E-state index contributed by atoms with van der Waals surface area (Å²) in [5.41, 5.74) is 5.70. The van der Waals surface area contributed by atoms with Crippen LogP contribution in [0.4, 0.5) is 25.0 Å². The number of nitrogens with one attached hydrogen (secondary N) is 4. The SMILES string of the molecule is CNC(=O)N1CCC2=C(C1)C(N1CCCc3cc(-c4cnn(CC(=O)NCCCCCNc5cccc6c5C(=O)C(C5CCC(=O)NC5=O)C6=O)c4)c(C(F)F)cc31)=NC2C1CCOCC1. The van der Waals surface area contributed by atoms with Crippen molar-refractivity contribution < 1.29 is 42.3 Å². The van der Waals surface area contributed by atoms with Gasteiger partial charge in [-0.2, -0.15) is 5.10 Å². The van der Waals surface area contributed by atoms with Crippen molar-refractivity contribution in [1.29, 1.82) is 0 Å². The lowest BCUT2D eigenvalue weighted by Gasteiger charge is -2.35. The molecule has 0 radical (unpaired) electrons. The van der Waals surface area contributed by atoms with Crippen molar-refractivity contribution in [3.8, 4) is 11.1 Å². The number of hydrogen-bond acceptors (Lipinski definition) is 11. The highest BCUT2D eigenvalue weighted by atomic mass is 19.3. The summed E-state index contributed by atoms with van der Waals surface area (Å²) in [7, 11) is 1.62. The Kier molecular flexibility index (Phi) is 13.1. The number of Topliss-reactive ketones (excluding diaryl/α,β-unsaturated/α-hetero) is 2. The number of unbranched alkanes of at least 4 members (excludes halogenated alkanes) is 2. The van der Waals surface area contributed by atoms with Crippen LogP contribution >= 0.6 is 0 Å². The number of nitrogens with zero attached hydrogens (tertiary/aromatic N) is 5. The number of carbonyl (C=O) groups excluding carboxylic acids is 6. The fourth-order valence-electron chi connectivity index (χ4n) is 10.6. The molecule has 16 nitrogen and oxygen atoms in total. The molecule has 3 unspecified atom stereocenters. The molecule has 3 aromatic rings. The van der Waals surface area contributed by atoms with E-state index in [1.165, 1.54) is 16.5 Å². The lowest BCUT2D eigenvalue weighted by atomic mass is 9.82. The lowest BCUT2D eigenvalue weighted by molar-refractivity contribution is -0.137. The third-order valence-electron chi connectivity index (χ3n) is 13.9. The molecule has 6 aliphatic rings. The maximum Gasteiger partial charge on any atom is 0.317 e. The standard InChI is InChI=1S/C48H55F2N9O7/c1-51-48(65)57-18-12-30-35(25-57)46(56-42(30)27-13-19-66-20-14-27)59-17-6-7-28-21-33(34(45(49)50)22-37(28)59)29-23-54-58(24-29)26-39(61)53-16-4-2-3-15-52-36-9-5-8-31-40(36)44(63)41(43(31)62)32-10-11-38(60)55-47(32)64/h5,8-9,21-24,27,32,41-42,45,52H,2-4,6-7,10-20,25-26H2,1H3,(H,51,65)(H,53,61)(H,55,60,64). The molecule has 0 spiro atoms. The summed E-state index contributed by atoms with van der Waals surface area (Å²) in [6.07, 6.45) is 6.75. The van der Waals surface area contributed by atoms with Gasteiger partial charge in [0.25, 0.3) is 6.43 Å². The molecule has 1 aliphatic carbocycles. The van der Waals surface area contributed by atoms with E-state index < -0.39 is 41.6 Å². The number of aromatic nitrogens is 2. The monoisotopic (exact) mass is 907 g/mol. The topological polar surface area (TPSA) is 196 Å². The van der Waals surface area contributed by atoms with E-state index in [4.69, 9.17) is 9.73 Å². The van der Waals surface area contributed by atoms with E-state index in [1.54, 1.807) is 42.4 Å². The fourth-order valence-corrected chi connectivity index (χ4v) is 10.6. The van der Waals surface area contributed by atoms with Crippen molar-refractivity contribution in [2.24, 2.45) is 22.7 Å². The Morgan fingerprint density at radius 1 is 0.955 bits per heavy atom. The Balaban J connectivity index is 0.797. The minimum Gasteiger partial charge on any atom is -0.384 e. The molecule has 0 saturated carbocycles. The average Bonchev–Trinajstić information content (AvgIpc) is 4.02. The van der Waals surface area contributed by atoms with E-state index in [2.05, 4.69) is 31.3 Å². The minimum atomic E-state index is -2.78. The number of ether oxygens (including phenoxy) is 1. The number of ketones is 2. The van der Waals surface area contributed by atoms with Crippen molar-refractivity contribution in [1.82, 2.24) is 30.6 Å². The van der Waals surface area contributed by atoms with Crippen LogP contribution in [0.5, 0.6) is 0 Å². The highest BCUT2D eigenvalue weighted by molar-refractivity contribution is 6.30. The van der Waals surface area contributed by atoms with Gasteiger partial charge in [-0.05, 0) is 98.6 Å². The number of piperidine rings is 1. The third kappa shape index (κ3) is 8.86. The first-order chi connectivity index (χ1) is 32.0. The number of benzene rings is 2. The van der Waals surface area contributed by atoms with Gasteiger partial charge >= 0.3 is 6.03 Å². The van der Waals surface area contributed by atoms with Crippen molar-refractivity contribution in [2.45, 2.75) is 83.2 Å². The molecule has 5 amide bonds. The largest absolute Gasteiger partial charge is 0.384 e. The number of halogens is 2. The van der Waals surface area contributed by atoms with E-state index in [0.29, 0.717) is 100 Å². The molecule has 5 aliphatic heterocycles. The highest BCUT2D eigenvalue weighted by Crippen LogP contribution is 2.44. The van der Waals surface area contributed by atoms with E-state index in [-0.39, 0.29) is 54.1 Å². The number of fused-ring (bicyclic) bond motifs is 2. The second-order valence-electron chi connectivity index (χ2n) is 18.0. The molecule has 6 heterocycles. The Morgan fingerprint density at radius 3 is 2.56 bits per heavy atom. The summed E-state index contributed by atoms with van der Waals surface area (Å²) in [5.74, 6) is -3.00. The smallest absolute Gasteiger partial charge is 0.317 e. The Morgan fingerprint density at radius 2 is 1.77 bits per heavy atom. The molecule has 2 fully saturated rings. The zero-order chi connectivity index (χ0) is 46.1. The van der Waals surface area contributed by atoms with Crippen LogP contribution in [-0.2, 0) is 32.1 Å². The number of alkyl halides is 2. The number of aliphatic imine (C=N–C) groups is 1. The zero-order valence-electron chi connectivity index (χ0n) is 37.0. The maximum atomic E-state index is 15.0. The molecule has 9 rings (SSSR count). The molecule has 4 N–H and O–H groups in total. The van der Waals surface area contributed by atoms with Crippen LogP contribution in [0.3, 0.4) is 0 Å². The molecule has 348 valence electrons. The molecular formula is C48H55F2N9O7. The number of amidine groups is 1. The molecule has 1 aromatic heterocycles. The predicted octanol–water partition coefficient (Wildman–Crippen LogP) is 5.24. The summed E-state index contributed by atoms with van der Waals surface area (Å²) >= 11 is 0. The summed E-state index contributed by atoms with van der Waals surface area (Å²) in [6.45, 7) is 3.82. The van der Waals surface area contributed by atoms with Gasteiger partial charge in [-0.25, -0.2) is 13.6 Å². The van der Waals surface area contributed by atoms with Crippen molar-refractivity contribution in [3.63, 3.8) is 0 Å². The minimum absolute atomic E-state index is 0.0222. The van der Waals surface area contributed by atoms with Crippen molar-refractivity contribution in [2.75, 3.05) is 63.2 Å². The number of amides is 5. The van der Waals surface area contributed by atoms with Crippen LogP contribution in [0.25, 0.3) is 11.1 Å². The summed E-state index contributed by atoms with van der Waals surface area (Å²) < 4.78 is 37.1. The average molecular weight is 908 g/mol. The summed E-state index contributed by atoms with van der Waals surface area (Å²) in [6, 6.07) is 8.26. The van der Waals surface area contributed by atoms with Crippen LogP contribution in [0.1, 0.15) is 96.1 Å². The second kappa shape index (κ2) is 19.3. The first-order valence-corrected chi connectivity index (χ1v) is 23.2. The van der Waals surface area contributed by atoms with Crippen LogP contribution < -0.4 is 26.2 Å². The maximum absolute atomic E-state index is 15.0. The summed E-state index contributed by atoms with van der Waals surface area (Å²) in [5, 5.41) is 15.5. The Hall–Kier alpha value is -6.30. The van der Waals surface area contributed by atoms with Crippen LogP contribution in [-0.4, -0.2) is 115 Å². The van der Waals surface area contributed by atoms with E-state index >= 15 is 8.78 Å². The first-order valence-electron chi connectivity index (χ1n) is 23.2. The van der Waals surface area contributed by atoms with Gasteiger partial charge in [0.1, 0.15) is 12.4 Å². The van der Waals surface area contributed by atoms with E-state index in [9.17, 15) is 28.8 Å². The Bertz CT molecular complexity index is 2510. The lowest BCUT2D eigenvalue weighted by Crippen LogP contribution is -2.46. The molecule has 2 saturated heterocycles. The highest BCUT2D eigenvalue weighted by Gasteiger charge is 2.48. The number of carbonyl (C=O) groups is 6. The van der Waals surface area contributed by atoms with Gasteiger partial charge in [0.05, 0.1) is 36.2 Å². The molecular weight excluding hydrogens is 853 g/mol. The number of anilines is 2. The number of hydrogen-bond donors (Lipinski definition) is 4. The van der Waals surface area contributed by atoms with Gasteiger partial charge in [-0.15, -0.1) is 0 Å². The van der Waals surface area contributed by atoms with Gasteiger partial charge in [-0.3, -0.25) is 39.0 Å². The number of aryl methyl sites for hydroxylation is 1. The molecule has 3 atom stereocenters. The van der Waals surface area contributed by atoms with Crippen LogP contribution in [0.15, 0.2) is 58.9 Å². The number of urea groups is 1. The fraction of sp³-hybridized carbons (Fsp3) is 0.500. The van der Waals surface area contributed by atoms with E-state index in [1.807, 2.05) is 6.07 Å². The van der Waals surface area contributed by atoms with Crippen molar-refractivity contribution in [3.05, 3.63) is 76.1 Å². The number of rotatable bonds is 13. The first kappa shape index (κ1) is 44.9. The zero-order valence-corrected chi connectivity index (χ0v) is 37.0. The van der Waals surface area contributed by atoms with Gasteiger partial charge in [0.15, 0.2) is 11.6 Å². The Labute approximate surface area is 380 Å². The van der Waals surface area contributed by atoms with Gasteiger partial charge in [0, 0.05) is 92.7 Å². The second-order valence-corrected chi connectivity index (χ2v) is 18.0. The summed E-state index contributed by atoms with van der Waals surface area (Å²) in [4.78, 5) is 85.7. The van der Waals surface area contributed by atoms with Gasteiger partial charge in [0.2, 0.25) is 17.7 Å². The van der Waals surface area contributed by atoms with Gasteiger partial charge < -0.3 is 30.5 Å². The molecule has 0 bridgehead atoms. The molecule has 2 aromatic carbocycles. The molecule has 18 heteroatoms. The van der Waals surface area contributed by atoms with E-state index in [0.717, 1.165) is 42.7 Å². The van der Waals surface area contributed by atoms with Crippen LogP contribution in [0, 0.1) is 17.8 Å². The van der Waals surface area contributed by atoms with Gasteiger partial charge in [-0.1, -0.05) is 12.1 Å². The number of imide groups is 1. The van der Waals surface area contributed by atoms with Crippen LogP contribution in [0.2, 0.25) is 0 Å². The predicted molar refractivity (Wildman–Crippen MR) is 241 cm³/mol. The normalized spacial score (nSPS) is 22.0. The third-order valence-corrected chi connectivity index (χ3v) is 13.9. The van der Waals surface area contributed by atoms with Crippen molar-refractivity contribution >= 4 is 52.5 Å². The quantitative estimate of drug-likeness (QED) is 0.100.